The Kier molecular flexibility index (Phi) is 6.14. The van der Waals surface area contributed by atoms with Gasteiger partial charge < -0.3 is 10.2 Å². The number of urea groups is 1. The van der Waals surface area contributed by atoms with E-state index in [2.05, 4.69) is 20.9 Å². The molecule has 2 N–H and O–H groups in total. The van der Waals surface area contributed by atoms with Crippen molar-refractivity contribution in [3.63, 3.8) is 0 Å². The summed E-state index contributed by atoms with van der Waals surface area (Å²) < 4.78 is 1.36. The van der Waals surface area contributed by atoms with Crippen molar-refractivity contribution in [2.24, 2.45) is 0 Å². The van der Waals surface area contributed by atoms with Gasteiger partial charge in [0.2, 0.25) is 5.91 Å². The Hall–Kier alpha value is -2.61. The highest BCUT2D eigenvalue weighted by molar-refractivity contribution is 6.31. The molecule has 0 radical (unpaired) electrons. The molecule has 0 aliphatic heterocycles. The molecule has 8 nitrogen and oxygen atoms in total. The molecule has 9 heteroatoms. The summed E-state index contributed by atoms with van der Waals surface area (Å²) in [6, 6.07) is 7.19. The number of halogens is 1. The van der Waals surface area contributed by atoms with Gasteiger partial charge in [0.05, 0.1) is 6.20 Å². The fourth-order valence-electron chi connectivity index (χ4n) is 1.90. The molecule has 0 bridgehead atoms. The number of rotatable bonds is 6. The van der Waals surface area contributed by atoms with Crippen LogP contribution in [0.15, 0.2) is 30.5 Å². The molecule has 0 aliphatic rings. The van der Waals surface area contributed by atoms with Crippen LogP contribution in [0, 0.1) is 0 Å². The third-order valence-corrected chi connectivity index (χ3v) is 3.53. The standard InChI is InChI=1S/C15H19ClN6O2/c1-21(2)15(24)18-13-9-22(20-19-13)10-14(23)17-8-7-11-5-3-4-6-12(11)16/h3-6,9H,7-8,10H2,1-2H3,(H,17,23)(H,18,24). The zero-order valence-corrected chi connectivity index (χ0v) is 14.2. The van der Waals surface area contributed by atoms with Crippen LogP contribution in [0.25, 0.3) is 0 Å². The summed E-state index contributed by atoms with van der Waals surface area (Å²) in [5.74, 6) is 0.0926. The quantitative estimate of drug-likeness (QED) is 0.823. The smallest absolute Gasteiger partial charge is 0.322 e. The molecule has 0 aliphatic carbocycles. The van der Waals surface area contributed by atoms with Gasteiger partial charge in [-0.25, -0.2) is 9.48 Å². The van der Waals surface area contributed by atoms with Crippen LogP contribution in [-0.4, -0.2) is 52.5 Å². The van der Waals surface area contributed by atoms with Gasteiger partial charge in [0.25, 0.3) is 0 Å². The highest BCUT2D eigenvalue weighted by Gasteiger charge is 2.09. The first-order valence-electron chi connectivity index (χ1n) is 7.34. The first kappa shape index (κ1) is 17.7. The Bertz CT molecular complexity index is 715. The van der Waals surface area contributed by atoms with Crippen LogP contribution in [0.2, 0.25) is 5.02 Å². The van der Waals surface area contributed by atoms with E-state index in [1.54, 1.807) is 14.1 Å². The lowest BCUT2D eigenvalue weighted by Crippen LogP contribution is -2.29. The van der Waals surface area contributed by atoms with Gasteiger partial charge in [0.15, 0.2) is 5.82 Å². The molecule has 2 rings (SSSR count). The van der Waals surface area contributed by atoms with E-state index in [1.807, 2.05) is 24.3 Å². The molecule has 0 saturated heterocycles. The number of benzene rings is 1. The summed E-state index contributed by atoms with van der Waals surface area (Å²) in [6.45, 7) is 0.495. The van der Waals surface area contributed by atoms with Gasteiger partial charge >= 0.3 is 6.03 Å². The maximum absolute atomic E-state index is 11.9. The summed E-state index contributed by atoms with van der Waals surface area (Å²) in [7, 11) is 3.23. The van der Waals surface area contributed by atoms with Gasteiger partial charge in [-0.05, 0) is 18.1 Å². The Morgan fingerprint density at radius 3 is 2.75 bits per heavy atom. The molecule has 1 heterocycles. The van der Waals surface area contributed by atoms with Crippen LogP contribution < -0.4 is 10.6 Å². The molecule has 1 aromatic carbocycles. The van der Waals surface area contributed by atoms with Gasteiger partial charge in [-0.15, -0.1) is 5.10 Å². The third-order valence-electron chi connectivity index (χ3n) is 3.16. The van der Waals surface area contributed by atoms with E-state index in [4.69, 9.17) is 11.6 Å². The average Bonchev–Trinajstić information content (AvgIpc) is 2.96. The molecular formula is C15H19ClN6O2. The highest BCUT2D eigenvalue weighted by Crippen LogP contribution is 2.14. The van der Waals surface area contributed by atoms with E-state index in [1.165, 1.54) is 15.8 Å². The van der Waals surface area contributed by atoms with Crippen molar-refractivity contribution in [3.05, 3.63) is 41.0 Å². The predicted octanol–water partition coefficient (Wildman–Crippen LogP) is 1.38. The van der Waals surface area contributed by atoms with Gasteiger partial charge in [-0.3, -0.25) is 10.1 Å². The van der Waals surface area contributed by atoms with E-state index in [0.717, 1.165) is 5.56 Å². The second kappa shape index (κ2) is 8.30. The van der Waals surface area contributed by atoms with E-state index < -0.39 is 0 Å². The van der Waals surface area contributed by atoms with Crippen molar-refractivity contribution in [1.29, 1.82) is 0 Å². The van der Waals surface area contributed by atoms with Crippen LogP contribution >= 0.6 is 11.6 Å². The predicted molar refractivity (Wildman–Crippen MR) is 90.9 cm³/mol. The molecule has 128 valence electrons. The normalized spacial score (nSPS) is 10.3. The van der Waals surface area contributed by atoms with Crippen molar-refractivity contribution < 1.29 is 9.59 Å². The van der Waals surface area contributed by atoms with Crippen LogP contribution in [0.1, 0.15) is 5.56 Å². The summed E-state index contributed by atoms with van der Waals surface area (Å²) in [5, 5.41) is 13.6. The summed E-state index contributed by atoms with van der Waals surface area (Å²) in [4.78, 5) is 24.8. The molecule has 2 aromatic rings. The van der Waals surface area contributed by atoms with Gasteiger partial charge in [-0.1, -0.05) is 35.0 Å². The first-order valence-corrected chi connectivity index (χ1v) is 7.72. The maximum atomic E-state index is 11.9. The number of nitrogens with one attached hydrogen (secondary N) is 2. The second-order valence-corrected chi connectivity index (χ2v) is 5.72. The van der Waals surface area contributed by atoms with Crippen LogP contribution in [0.5, 0.6) is 0 Å². The van der Waals surface area contributed by atoms with E-state index in [0.29, 0.717) is 18.0 Å². The third kappa shape index (κ3) is 5.24. The minimum Gasteiger partial charge on any atom is -0.354 e. The molecule has 1 aromatic heterocycles. The van der Waals surface area contributed by atoms with Gasteiger partial charge in [0.1, 0.15) is 6.54 Å². The molecule has 0 atom stereocenters. The van der Waals surface area contributed by atoms with Crippen molar-refractivity contribution >= 4 is 29.4 Å². The Morgan fingerprint density at radius 2 is 2.04 bits per heavy atom. The average molecular weight is 351 g/mol. The number of carbonyl (C=O) groups excluding carboxylic acids is 2. The number of hydrogen-bond donors (Lipinski definition) is 2. The SMILES string of the molecule is CN(C)C(=O)Nc1cn(CC(=O)NCCc2ccccc2Cl)nn1. The Morgan fingerprint density at radius 1 is 1.29 bits per heavy atom. The number of aromatic nitrogens is 3. The fourth-order valence-corrected chi connectivity index (χ4v) is 2.13. The fraction of sp³-hybridized carbons (Fsp3) is 0.333. The van der Waals surface area contributed by atoms with Gasteiger partial charge in [-0.2, -0.15) is 0 Å². The van der Waals surface area contributed by atoms with Crippen LogP contribution in [0.3, 0.4) is 0 Å². The van der Waals surface area contributed by atoms with Crippen molar-refractivity contribution in [3.8, 4) is 0 Å². The summed E-state index contributed by atoms with van der Waals surface area (Å²) in [6.07, 6.45) is 2.14. The highest BCUT2D eigenvalue weighted by atomic mass is 35.5. The lowest BCUT2D eigenvalue weighted by atomic mass is 10.1. The summed E-state index contributed by atoms with van der Waals surface area (Å²) >= 11 is 6.06. The summed E-state index contributed by atoms with van der Waals surface area (Å²) in [5.41, 5.74) is 0.980. The number of hydrogen-bond acceptors (Lipinski definition) is 4. The molecule has 3 amide bonds. The maximum Gasteiger partial charge on any atom is 0.322 e. The molecule has 24 heavy (non-hydrogen) atoms. The number of amides is 3. The monoisotopic (exact) mass is 350 g/mol. The Balaban J connectivity index is 1.77. The van der Waals surface area contributed by atoms with Gasteiger partial charge in [0, 0.05) is 25.7 Å². The lowest BCUT2D eigenvalue weighted by molar-refractivity contribution is -0.121. The topological polar surface area (TPSA) is 92.2 Å². The largest absolute Gasteiger partial charge is 0.354 e. The zero-order valence-electron chi connectivity index (χ0n) is 13.5. The first-order chi connectivity index (χ1) is 11.5. The molecule has 0 fully saturated rings. The van der Waals surface area contributed by atoms with Crippen LogP contribution in [-0.2, 0) is 17.8 Å². The molecule has 0 unspecified atom stereocenters. The number of nitrogens with zero attached hydrogens (tertiary/aromatic N) is 4. The molecular weight excluding hydrogens is 332 g/mol. The van der Waals surface area contributed by atoms with E-state index in [-0.39, 0.29) is 24.3 Å². The van der Waals surface area contributed by atoms with Crippen molar-refractivity contribution in [2.75, 3.05) is 26.0 Å². The minimum atomic E-state index is -0.314. The number of carbonyl (C=O) groups is 2. The second-order valence-electron chi connectivity index (χ2n) is 5.32. The van der Waals surface area contributed by atoms with Crippen molar-refractivity contribution in [1.82, 2.24) is 25.2 Å². The zero-order chi connectivity index (χ0) is 17.5. The Labute approximate surface area is 144 Å². The van der Waals surface area contributed by atoms with E-state index >= 15 is 0 Å². The minimum absolute atomic E-state index is 0.0212. The van der Waals surface area contributed by atoms with Crippen molar-refractivity contribution in [2.45, 2.75) is 13.0 Å². The van der Waals surface area contributed by atoms with E-state index in [9.17, 15) is 9.59 Å². The number of anilines is 1. The molecule has 0 saturated carbocycles. The molecule has 0 spiro atoms. The lowest BCUT2D eigenvalue weighted by Gasteiger charge is -2.09. The van der Waals surface area contributed by atoms with Crippen LogP contribution in [0.4, 0.5) is 10.6 Å².